The minimum absolute atomic E-state index is 0.814. The van der Waals surface area contributed by atoms with Crippen molar-refractivity contribution < 1.29 is 32.7 Å². The van der Waals surface area contributed by atoms with Crippen molar-refractivity contribution in [2.45, 2.75) is 0 Å². The molecule has 0 rings (SSSR count). The Morgan fingerprint density at radius 1 is 1.58 bits per heavy atom. The summed E-state index contributed by atoms with van der Waals surface area (Å²) in [5.74, 6) is 0. The van der Waals surface area contributed by atoms with Crippen molar-refractivity contribution in [2.75, 3.05) is 0 Å². The molecule has 2 N–H and O–H groups in total. The van der Waals surface area contributed by atoms with Crippen molar-refractivity contribution in [3.05, 3.63) is 10.1 Å². The third kappa shape index (κ3) is 3.65. The number of hydrogen-bond donors (Lipinski definition) is 2. The maximum atomic E-state index is 10.1. The number of hydrazine groups is 1. The summed E-state index contributed by atoms with van der Waals surface area (Å²) >= 11 is 0. The third-order valence-corrected chi connectivity index (χ3v) is 1.12. The topological polar surface area (TPSA) is 145 Å². The van der Waals surface area contributed by atoms with Crippen LogP contribution in [0, 0.1) is 10.1 Å². The number of nitrogens with zero attached hydrogens (tertiary/aromatic N) is 1. The fourth-order valence-corrected chi connectivity index (χ4v) is 0.298. The molecule has 10 nitrogen and oxygen atoms in total. The van der Waals surface area contributed by atoms with Gasteiger partial charge in [0.05, 0.1) is 0 Å². The smallest absolute Gasteiger partial charge is 0.452 e. The van der Waals surface area contributed by atoms with Crippen LogP contribution in [0.2, 0.25) is 0 Å². The number of carbonyl (C=O) groups is 1. The lowest BCUT2D eigenvalue weighted by atomic mass is 11.6. The minimum atomic E-state index is -4.97. The van der Waals surface area contributed by atoms with Crippen molar-refractivity contribution in [1.82, 2.24) is 5.59 Å². The number of nitrogens with one attached hydrogen (secondary N) is 1. The number of nitro groups is 1. The quantitative estimate of drug-likeness (QED) is 0.320. The van der Waals surface area contributed by atoms with Gasteiger partial charge in [-0.15, -0.1) is 0 Å². The summed E-state index contributed by atoms with van der Waals surface area (Å²) in [5.41, 5.74) is 0.814. The van der Waals surface area contributed by atoms with Gasteiger partial charge < -0.3 is 5.11 Å². The maximum absolute atomic E-state index is 10.1. The summed E-state index contributed by atoms with van der Waals surface area (Å²) < 4.78 is 23.3. The van der Waals surface area contributed by atoms with Crippen molar-refractivity contribution in [3.8, 4) is 0 Å². The molecule has 11 heteroatoms. The molecule has 0 saturated carbocycles. The zero-order chi connectivity index (χ0) is 9.78. The summed E-state index contributed by atoms with van der Waals surface area (Å²) in [4.78, 5) is 22.3. The molecular weight excluding hydrogens is 200 g/mol. The molecular formula is CH2N2O8S. The highest BCUT2D eigenvalue weighted by Gasteiger charge is 2.24. The van der Waals surface area contributed by atoms with Crippen molar-refractivity contribution in [1.29, 1.82) is 0 Å². The summed E-state index contributed by atoms with van der Waals surface area (Å²) in [6, 6.07) is 0. The SMILES string of the molecule is O=C(O)S(=O)(=O)OON[N+](=O)[O-]. The van der Waals surface area contributed by atoms with Crippen molar-refractivity contribution >= 4 is 15.4 Å². The minimum Gasteiger partial charge on any atom is -0.468 e. The molecule has 0 bridgehead atoms. The van der Waals surface area contributed by atoms with E-state index in [1.807, 2.05) is 0 Å². The Labute approximate surface area is 64.8 Å². The second kappa shape index (κ2) is 3.80. The van der Waals surface area contributed by atoms with Gasteiger partial charge in [0, 0.05) is 5.59 Å². The second-order valence-electron chi connectivity index (χ2n) is 1.22. The average Bonchev–Trinajstić information content (AvgIpc) is 1.85. The average molecular weight is 202 g/mol. The Kier molecular flexibility index (Phi) is 3.33. The predicted molar refractivity (Wildman–Crippen MR) is 29.2 cm³/mol. The highest BCUT2D eigenvalue weighted by Crippen LogP contribution is 1.93. The normalized spacial score (nSPS) is 10.7. The first-order valence-corrected chi connectivity index (χ1v) is 3.50. The van der Waals surface area contributed by atoms with Crippen LogP contribution in [-0.2, 0) is 19.4 Å². The van der Waals surface area contributed by atoms with Gasteiger partial charge in [0.2, 0.25) is 0 Å². The first-order chi connectivity index (χ1) is 5.36. The molecule has 0 fully saturated rings. The van der Waals surface area contributed by atoms with Crippen LogP contribution in [-0.4, -0.2) is 23.9 Å². The van der Waals surface area contributed by atoms with Gasteiger partial charge in [0.15, 0.2) is 5.03 Å². The molecule has 0 atom stereocenters. The van der Waals surface area contributed by atoms with Gasteiger partial charge in [-0.3, -0.25) is 0 Å². The molecule has 0 aliphatic carbocycles. The molecule has 12 heavy (non-hydrogen) atoms. The van der Waals surface area contributed by atoms with E-state index in [2.05, 4.69) is 9.32 Å². The fraction of sp³-hybridized carbons (Fsp3) is 0. The molecule has 0 radical (unpaired) electrons. The Morgan fingerprint density at radius 2 is 2.08 bits per heavy atom. The van der Waals surface area contributed by atoms with E-state index in [0.29, 0.717) is 0 Å². The molecule has 0 amide bonds. The number of hydrogen-bond acceptors (Lipinski definition) is 7. The number of rotatable bonds is 4. The standard InChI is InChI=1S/CH2N2O8S/c4-1(5)12(8,9)11-10-2-3(6)7/h2H,(H,4,5). The van der Waals surface area contributed by atoms with Crippen LogP contribution in [0.3, 0.4) is 0 Å². The van der Waals surface area contributed by atoms with E-state index in [4.69, 9.17) is 5.11 Å². The highest BCUT2D eigenvalue weighted by atomic mass is 32.2. The van der Waals surface area contributed by atoms with Crippen LogP contribution < -0.4 is 5.59 Å². The summed E-state index contributed by atoms with van der Waals surface area (Å²) in [5, 5.41) is 13.6. The number of carboxylic acid groups (broad SMARTS) is 1. The largest absolute Gasteiger partial charge is 0.468 e. The molecule has 70 valence electrons. The van der Waals surface area contributed by atoms with E-state index in [0.717, 1.165) is 5.59 Å². The molecule has 0 saturated heterocycles. The van der Waals surface area contributed by atoms with E-state index in [9.17, 15) is 23.3 Å². The van der Waals surface area contributed by atoms with Crippen molar-refractivity contribution in [3.63, 3.8) is 0 Å². The van der Waals surface area contributed by atoms with Crippen LogP contribution in [0.15, 0.2) is 0 Å². The van der Waals surface area contributed by atoms with E-state index in [-0.39, 0.29) is 0 Å². The third-order valence-electron chi connectivity index (χ3n) is 0.449. The zero-order valence-corrected chi connectivity index (χ0v) is 5.98. The first-order valence-electron chi connectivity index (χ1n) is 2.09. The van der Waals surface area contributed by atoms with Gasteiger partial charge in [0.25, 0.3) is 0 Å². The van der Waals surface area contributed by atoms with Crippen molar-refractivity contribution in [2.24, 2.45) is 0 Å². The van der Waals surface area contributed by atoms with Gasteiger partial charge in [0.1, 0.15) is 0 Å². The lowest BCUT2D eigenvalue weighted by molar-refractivity contribution is -0.640. The van der Waals surface area contributed by atoms with E-state index >= 15 is 0 Å². The van der Waals surface area contributed by atoms with E-state index < -0.39 is 20.5 Å². The first kappa shape index (κ1) is 10.5. The Bertz CT molecular complexity index is 277. The van der Waals surface area contributed by atoms with E-state index in [1.54, 1.807) is 0 Å². The van der Waals surface area contributed by atoms with Gasteiger partial charge in [-0.1, -0.05) is 4.33 Å². The fourth-order valence-electron chi connectivity index (χ4n) is 0.120. The maximum Gasteiger partial charge on any atom is 0.452 e. The van der Waals surface area contributed by atoms with Crippen LogP contribution in [0.25, 0.3) is 0 Å². The summed E-state index contributed by atoms with van der Waals surface area (Å²) in [6.45, 7) is 0. The Balaban J connectivity index is 3.95. The van der Waals surface area contributed by atoms with Crippen LogP contribution in [0.4, 0.5) is 4.79 Å². The summed E-state index contributed by atoms with van der Waals surface area (Å²) in [7, 11) is -4.97. The molecule has 0 aromatic rings. The van der Waals surface area contributed by atoms with Gasteiger partial charge in [-0.2, -0.15) is 8.42 Å². The molecule has 0 aliphatic heterocycles. The predicted octanol–water partition coefficient (Wildman–Crippen LogP) is -1.36. The molecule has 0 aromatic heterocycles. The lowest BCUT2D eigenvalue weighted by Crippen LogP contribution is -2.26. The second-order valence-corrected chi connectivity index (χ2v) is 2.61. The zero-order valence-electron chi connectivity index (χ0n) is 5.16. The highest BCUT2D eigenvalue weighted by molar-refractivity contribution is 8.01. The molecule has 0 heterocycles. The van der Waals surface area contributed by atoms with Gasteiger partial charge >= 0.3 is 15.4 Å². The van der Waals surface area contributed by atoms with Gasteiger partial charge in [-0.05, 0) is 4.99 Å². The monoisotopic (exact) mass is 202 g/mol. The lowest BCUT2D eigenvalue weighted by Gasteiger charge is -1.94. The van der Waals surface area contributed by atoms with Gasteiger partial charge in [-0.25, -0.2) is 14.9 Å². The van der Waals surface area contributed by atoms with E-state index in [1.165, 1.54) is 0 Å². The molecule has 0 aromatic carbocycles. The Hall–Kier alpha value is -1.46. The molecule has 0 aliphatic rings. The van der Waals surface area contributed by atoms with Crippen LogP contribution in [0.5, 0.6) is 0 Å². The van der Waals surface area contributed by atoms with Crippen LogP contribution >= 0.6 is 0 Å². The summed E-state index contributed by atoms with van der Waals surface area (Å²) in [6.07, 6.45) is 0. The Morgan fingerprint density at radius 3 is 2.42 bits per heavy atom. The molecule has 0 spiro atoms. The molecule has 0 unspecified atom stereocenters. The van der Waals surface area contributed by atoms with Crippen LogP contribution in [0.1, 0.15) is 0 Å².